The van der Waals surface area contributed by atoms with Crippen molar-refractivity contribution in [3.8, 4) is 5.75 Å². The zero-order valence-electron chi connectivity index (χ0n) is 12.5. The van der Waals surface area contributed by atoms with Gasteiger partial charge in [-0.15, -0.1) is 0 Å². The topological polar surface area (TPSA) is 79.6 Å². The van der Waals surface area contributed by atoms with Gasteiger partial charge in [0.05, 0.1) is 17.1 Å². The first kappa shape index (κ1) is 14.0. The lowest BCUT2D eigenvalue weighted by atomic mass is 9.98. The molecule has 1 amide bonds. The summed E-state index contributed by atoms with van der Waals surface area (Å²) in [6, 6.07) is 4.59. The summed E-state index contributed by atoms with van der Waals surface area (Å²) in [7, 11) is 2.15. The van der Waals surface area contributed by atoms with Gasteiger partial charge in [-0.3, -0.25) is 4.79 Å². The first-order valence-corrected chi connectivity index (χ1v) is 7.36. The van der Waals surface area contributed by atoms with Gasteiger partial charge in [-0.25, -0.2) is 0 Å². The number of hydrogen-bond acceptors (Lipinski definition) is 5. The second-order valence-corrected chi connectivity index (χ2v) is 5.97. The van der Waals surface area contributed by atoms with Crippen LogP contribution in [-0.4, -0.2) is 43.1 Å². The molecule has 1 aromatic rings. The van der Waals surface area contributed by atoms with Gasteiger partial charge < -0.3 is 26.0 Å². The van der Waals surface area contributed by atoms with Crippen molar-refractivity contribution in [1.82, 2.24) is 4.90 Å². The molecule has 2 atom stereocenters. The largest absolute Gasteiger partial charge is 0.482 e. The number of nitrogens with one attached hydrogen (secondary N) is 2. The van der Waals surface area contributed by atoms with Crippen molar-refractivity contribution in [3.05, 3.63) is 12.1 Å². The molecule has 1 saturated heterocycles. The Kier molecular flexibility index (Phi) is 3.63. The third-order valence-corrected chi connectivity index (χ3v) is 4.35. The minimum absolute atomic E-state index is 0.0473. The maximum atomic E-state index is 11.4. The van der Waals surface area contributed by atoms with Gasteiger partial charge in [-0.1, -0.05) is 0 Å². The summed E-state index contributed by atoms with van der Waals surface area (Å²) in [5.74, 6) is 0.500. The quantitative estimate of drug-likeness (QED) is 0.719. The van der Waals surface area contributed by atoms with Crippen LogP contribution in [0.1, 0.15) is 19.8 Å². The molecule has 0 radical (unpaired) electrons. The number of amides is 1. The highest BCUT2D eigenvalue weighted by Gasteiger charge is 2.24. The van der Waals surface area contributed by atoms with E-state index in [0.29, 0.717) is 29.2 Å². The molecular formula is C15H22N4O2. The van der Waals surface area contributed by atoms with Crippen LogP contribution in [0.5, 0.6) is 5.75 Å². The molecule has 0 aliphatic carbocycles. The fourth-order valence-electron chi connectivity index (χ4n) is 2.91. The van der Waals surface area contributed by atoms with Crippen LogP contribution in [0.2, 0.25) is 0 Å². The number of nitrogens with two attached hydrogens (primary N) is 1. The lowest BCUT2D eigenvalue weighted by molar-refractivity contribution is -0.118. The molecule has 2 unspecified atom stereocenters. The van der Waals surface area contributed by atoms with E-state index in [-0.39, 0.29) is 12.5 Å². The monoisotopic (exact) mass is 290 g/mol. The van der Waals surface area contributed by atoms with E-state index in [1.165, 1.54) is 0 Å². The van der Waals surface area contributed by atoms with Crippen molar-refractivity contribution < 1.29 is 9.53 Å². The Morgan fingerprint density at radius 2 is 2.29 bits per heavy atom. The van der Waals surface area contributed by atoms with E-state index in [4.69, 9.17) is 10.5 Å². The van der Waals surface area contributed by atoms with Gasteiger partial charge in [0.1, 0.15) is 5.75 Å². The minimum atomic E-state index is -0.133. The van der Waals surface area contributed by atoms with Crippen LogP contribution in [0, 0.1) is 0 Å². The van der Waals surface area contributed by atoms with Gasteiger partial charge in [0.15, 0.2) is 6.61 Å². The zero-order chi connectivity index (χ0) is 15.0. The van der Waals surface area contributed by atoms with E-state index < -0.39 is 0 Å². The molecule has 0 saturated carbocycles. The van der Waals surface area contributed by atoms with Crippen LogP contribution >= 0.6 is 0 Å². The molecule has 6 nitrogen and oxygen atoms in total. The number of carbonyl (C=O) groups is 1. The molecule has 2 aliphatic rings. The zero-order valence-corrected chi connectivity index (χ0v) is 12.5. The third-order valence-electron chi connectivity index (χ3n) is 4.35. The molecule has 114 valence electrons. The Labute approximate surface area is 124 Å². The van der Waals surface area contributed by atoms with Crippen molar-refractivity contribution in [2.24, 2.45) is 0 Å². The highest BCUT2D eigenvalue weighted by Crippen LogP contribution is 2.36. The second-order valence-electron chi connectivity index (χ2n) is 5.97. The highest BCUT2D eigenvalue weighted by molar-refractivity contribution is 5.97. The Bertz CT molecular complexity index is 561. The first-order chi connectivity index (χ1) is 10.0. The Hall–Kier alpha value is -1.95. The molecule has 0 spiro atoms. The van der Waals surface area contributed by atoms with Gasteiger partial charge in [0.2, 0.25) is 0 Å². The molecule has 1 fully saturated rings. The average Bonchev–Trinajstić information content (AvgIpc) is 2.44. The van der Waals surface area contributed by atoms with Gasteiger partial charge in [-0.05, 0) is 32.9 Å². The standard InChI is InChI=1S/C15H22N4O2/c1-9-5-10(3-4-19(9)2)17-12-7-13-14(6-11(12)16)21-8-15(20)18-13/h6-7,9-10,17H,3-5,8,16H2,1-2H3,(H,18,20). The van der Waals surface area contributed by atoms with Crippen molar-refractivity contribution in [2.45, 2.75) is 31.8 Å². The Morgan fingerprint density at radius 1 is 1.48 bits per heavy atom. The van der Waals surface area contributed by atoms with Crippen molar-refractivity contribution >= 4 is 23.0 Å². The Balaban J connectivity index is 1.76. The van der Waals surface area contributed by atoms with Crippen LogP contribution in [-0.2, 0) is 4.79 Å². The predicted octanol–water partition coefficient (Wildman–Crippen LogP) is 1.49. The summed E-state index contributed by atoms with van der Waals surface area (Å²) in [6.07, 6.45) is 2.16. The van der Waals surface area contributed by atoms with E-state index >= 15 is 0 Å². The fourth-order valence-corrected chi connectivity index (χ4v) is 2.91. The number of ether oxygens (including phenoxy) is 1. The number of piperidine rings is 1. The molecule has 3 rings (SSSR count). The second kappa shape index (κ2) is 5.44. The van der Waals surface area contributed by atoms with Gasteiger partial charge in [0, 0.05) is 24.7 Å². The van der Waals surface area contributed by atoms with E-state index in [9.17, 15) is 4.79 Å². The molecule has 1 aromatic carbocycles. The molecule has 0 bridgehead atoms. The van der Waals surface area contributed by atoms with Crippen LogP contribution in [0.15, 0.2) is 12.1 Å². The minimum Gasteiger partial charge on any atom is -0.482 e. The van der Waals surface area contributed by atoms with E-state index in [1.807, 2.05) is 6.07 Å². The summed E-state index contributed by atoms with van der Waals surface area (Å²) in [5.41, 5.74) is 8.29. The summed E-state index contributed by atoms with van der Waals surface area (Å²) in [4.78, 5) is 13.8. The molecule has 6 heteroatoms. The summed E-state index contributed by atoms with van der Waals surface area (Å²) >= 11 is 0. The van der Waals surface area contributed by atoms with Crippen molar-refractivity contribution in [2.75, 3.05) is 36.6 Å². The average molecular weight is 290 g/mol. The SMILES string of the molecule is CC1CC(Nc2cc3c(cc2N)OCC(=O)N3)CCN1C. The maximum absolute atomic E-state index is 11.4. The third kappa shape index (κ3) is 2.90. The highest BCUT2D eigenvalue weighted by atomic mass is 16.5. The van der Waals surface area contributed by atoms with Gasteiger partial charge in [0.25, 0.3) is 5.91 Å². The smallest absolute Gasteiger partial charge is 0.262 e. The lowest BCUT2D eigenvalue weighted by Gasteiger charge is -2.36. The molecular weight excluding hydrogens is 268 g/mol. The van der Waals surface area contributed by atoms with Gasteiger partial charge >= 0.3 is 0 Å². The number of hydrogen-bond donors (Lipinski definition) is 3. The van der Waals surface area contributed by atoms with Crippen LogP contribution in [0.3, 0.4) is 0 Å². The Morgan fingerprint density at radius 3 is 3.05 bits per heavy atom. The first-order valence-electron chi connectivity index (χ1n) is 7.36. The summed E-state index contributed by atoms with van der Waals surface area (Å²) in [5, 5.41) is 6.32. The van der Waals surface area contributed by atoms with E-state index in [0.717, 1.165) is 25.1 Å². The van der Waals surface area contributed by atoms with Crippen molar-refractivity contribution in [1.29, 1.82) is 0 Å². The number of carbonyl (C=O) groups excluding carboxylic acids is 1. The lowest BCUT2D eigenvalue weighted by Crippen LogP contribution is -2.42. The van der Waals surface area contributed by atoms with E-state index in [2.05, 4.69) is 29.5 Å². The fraction of sp³-hybridized carbons (Fsp3) is 0.533. The molecule has 2 heterocycles. The number of nitrogen functional groups attached to an aromatic ring is 1. The summed E-state index contributed by atoms with van der Waals surface area (Å²) in [6.45, 7) is 3.35. The summed E-state index contributed by atoms with van der Waals surface area (Å²) < 4.78 is 5.37. The predicted molar refractivity (Wildman–Crippen MR) is 83.7 cm³/mol. The molecule has 2 aliphatic heterocycles. The molecule has 0 aromatic heterocycles. The van der Waals surface area contributed by atoms with E-state index in [1.54, 1.807) is 6.07 Å². The number of likely N-dealkylation sites (tertiary alicyclic amines) is 1. The van der Waals surface area contributed by atoms with Crippen LogP contribution in [0.25, 0.3) is 0 Å². The molecule has 21 heavy (non-hydrogen) atoms. The van der Waals surface area contributed by atoms with Crippen molar-refractivity contribution in [3.63, 3.8) is 0 Å². The number of anilines is 3. The van der Waals surface area contributed by atoms with Crippen LogP contribution in [0.4, 0.5) is 17.1 Å². The maximum Gasteiger partial charge on any atom is 0.262 e. The number of fused-ring (bicyclic) bond motifs is 1. The number of nitrogens with zero attached hydrogens (tertiary/aromatic N) is 1. The number of rotatable bonds is 2. The van der Waals surface area contributed by atoms with Crippen LogP contribution < -0.4 is 21.1 Å². The molecule has 4 N–H and O–H groups in total. The normalized spacial score (nSPS) is 25.7. The number of benzene rings is 1. The van der Waals surface area contributed by atoms with Gasteiger partial charge in [-0.2, -0.15) is 0 Å².